The molecule has 0 atom stereocenters. The summed E-state index contributed by atoms with van der Waals surface area (Å²) >= 11 is 14.1. The monoisotopic (exact) mass is 326 g/mol. The molecule has 0 nitrogen and oxygen atoms in total. The molecule has 0 aliphatic heterocycles. The molecule has 0 aliphatic rings. The number of rotatable bonds is 0. The normalized spacial score (nSPS) is 10.9. The molecule has 0 N–H and O–H groups in total. The first kappa shape index (κ1) is 9.12. The van der Waals surface area contributed by atoms with E-state index in [0.717, 1.165) is 14.6 Å². The molecule has 0 spiro atoms. The van der Waals surface area contributed by atoms with E-state index in [0.29, 0.717) is 0 Å². The largest absolute Gasteiger partial charge is 0.140 e. The molecule has 0 bridgehead atoms. The maximum atomic E-state index is 5.94. The third kappa shape index (κ3) is 1.47. The van der Waals surface area contributed by atoms with Crippen LogP contribution in [0.2, 0.25) is 4.34 Å². The van der Waals surface area contributed by atoms with Gasteiger partial charge in [-0.2, -0.15) is 0 Å². The van der Waals surface area contributed by atoms with Gasteiger partial charge in [0.1, 0.15) is 4.34 Å². The molecule has 0 fully saturated rings. The van der Waals surface area contributed by atoms with Crippen molar-refractivity contribution in [2.75, 3.05) is 0 Å². The van der Waals surface area contributed by atoms with Gasteiger partial charge in [0.15, 0.2) is 0 Å². The highest BCUT2D eigenvalue weighted by Gasteiger charge is 2.06. The highest BCUT2D eigenvalue weighted by atomic mass is 127. The van der Waals surface area contributed by atoms with Crippen LogP contribution < -0.4 is 0 Å². The number of hydrogen-bond donors (Lipinski definition) is 1. The predicted octanol–water partition coefficient (Wildman–Crippen LogP) is 4.45. The molecule has 2 aromatic rings. The summed E-state index contributed by atoms with van der Waals surface area (Å²) in [4.78, 5) is 0.896. The first-order valence-corrected chi connectivity index (χ1v) is 5.97. The van der Waals surface area contributed by atoms with E-state index in [-0.39, 0.29) is 0 Å². The molecule has 1 aromatic heterocycles. The molecule has 0 radical (unpaired) electrons. The molecular weight excluding hydrogens is 323 g/mol. The zero-order chi connectivity index (χ0) is 8.72. The standard InChI is InChI=1S/C8H4ClIS2/c9-8-7(11)5-2-1-4(10)3-6(5)12-8/h1-3,11H. The van der Waals surface area contributed by atoms with Gasteiger partial charge >= 0.3 is 0 Å². The van der Waals surface area contributed by atoms with Gasteiger partial charge in [-0.1, -0.05) is 17.7 Å². The van der Waals surface area contributed by atoms with Crippen molar-refractivity contribution in [2.24, 2.45) is 0 Å². The van der Waals surface area contributed by atoms with E-state index >= 15 is 0 Å². The van der Waals surface area contributed by atoms with Crippen molar-refractivity contribution in [2.45, 2.75) is 4.90 Å². The number of hydrogen-bond acceptors (Lipinski definition) is 2. The summed E-state index contributed by atoms with van der Waals surface area (Å²) in [6.45, 7) is 0. The molecule has 0 unspecified atom stereocenters. The van der Waals surface area contributed by atoms with Gasteiger partial charge in [0.05, 0.1) is 0 Å². The summed E-state index contributed by atoms with van der Waals surface area (Å²) in [5.41, 5.74) is 0. The number of fused-ring (bicyclic) bond motifs is 1. The van der Waals surface area contributed by atoms with Gasteiger partial charge in [-0.25, -0.2) is 0 Å². The highest BCUT2D eigenvalue weighted by molar-refractivity contribution is 14.1. The summed E-state index contributed by atoms with van der Waals surface area (Å²) in [5.74, 6) is 0. The lowest BCUT2D eigenvalue weighted by Crippen LogP contribution is -1.68. The first-order valence-electron chi connectivity index (χ1n) is 3.25. The summed E-state index contributed by atoms with van der Waals surface area (Å²) in [6.07, 6.45) is 0. The first-order chi connectivity index (χ1) is 5.68. The Morgan fingerprint density at radius 3 is 2.92 bits per heavy atom. The minimum atomic E-state index is 0.773. The Labute approximate surface area is 98.5 Å². The molecule has 0 amide bonds. The zero-order valence-electron chi connectivity index (χ0n) is 5.84. The van der Waals surface area contributed by atoms with E-state index in [1.807, 2.05) is 0 Å². The highest BCUT2D eigenvalue weighted by Crippen LogP contribution is 2.37. The van der Waals surface area contributed by atoms with Crippen molar-refractivity contribution >= 4 is 68.2 Å². The van der Waals surface area contributed by atoms with Gasteiger partial charge in [0.2, 0.25) is 0 Å². The zero-order valence-corrected chi connectivity index (χ0v) is 10.5. The van der Waals surface area contributed by atoms with Crippen LogP contribution >= 0.6 is 58.2 Å². The second kappa shape index (κ2) is 3.36. The van der Waals surface area contributed by atoms with Crippen molar-refractivity contribution in [1.29, 1.82) is 0 Å². The topological polar surface area (TPSA) is 0 Å². The van der Waals surface area contributed by atoms with Crippen LogP contribution in [-0.2, 0) is 0 Å². The smallest absolute Gasteiger partial charge is 0.107 e. The van der Waals surface area contributed by atoms with E-state index in [1.54, 1.807) is 11.3 Å². The molecule has 1 aromatic carbocycles. The van der Waals surface area contributed by atoms with Crippen LogP contribution in [0.4, 0.5) is 0 Å². The molecule has 2 rings (SSSR count). The number of thiol groups is 1. The van der Waals surface area contributed by atoms with Crippen LogP contribution in [0.5, 0.6) is 0 Å². The molecular formula is C8H4ClIS2. The van der Waals surface area contributed by atoms with Gasteiger partial charge in [-0.3, -0.25) is 0 Å². The molecule has 4 heteroatoms. The minimum Gasteiger partial charge on any atom is -0.140 e. The SMILES string of the molecule is Sc1c(Cl)sc2cc(I)ccc12. The number of benzene rings is 1. The molecule has 12 heavy (non-hydrogen) atoms. The van der Waals surface area contributed by atoms with Gasteiger partial charge in [0, 0.05) is 18.6 Å². The second-order valence-electron chi connectivity index (χ2n) is 2.36. The molecule has 0 saturated heterocycles. The minimum absolute atomic E-state index is 0.773. The maximum Gasteiger partial charge on any atom is 0.107 e. The number of thiophene rings is 1. The Morgan fingerprint density at radius 2 is 2.17 bits per heavy atom. The van der Waals surface area contributed by atoms with E-state index < -0.39 is 0 Å². The van der Waals surface area contributed by atoms with Crippen LogP contribution in [0, 0.1) is 3.57 Å². The Balaban J connectivity index is 2.87. The van der Waals surface area contributed by atoms with Crippen molar-refractivity contribution in [1.82, 2.24) is 0 Å². The predicted molar refractivity (Wildman–Crippen MR) is 66.8 cm³/mol. The Morgan fingerprint density at radius 1 is 1.42 bits per heavy atom. The van der Waals surface area contributed by atoms with Crippen LogP contribution in [-0.4, -0.2) is 0 Å². The summed E-state index contributed by atoms with van der Waals surface area (Å²) < 4.78 is 3.21. The fourth-order valence-corrected chi connectivity index (χ4v) is 3.35. The van der Waals surface area contributed by atoms with Gasteiger partial charge in [-0.15, -0.1) is 24.0 Å². The molecule has 1 heterocycles. The van der Waals surface area contributed by atoms with Crippen LogP contribution in [0.25, 0.3) is 10.1 Å². The van der Waals surface area contributed by atoms with E-state index in [4.69, 9.17) is 11.6 Å². The second-order valence-corrected chi connectivity index (χ2v) is 5.71. The Kier molecular flexibility index (Phi) is 2.56. The van der Waals surface area contributed by atoms with Crippen molar-refractivity contribution in [3.8, 4) is 0 Å². The average molecular weight is 327 g/mol. The van der Waals surface area contributed by atoms with E-state index in [2.05, 4.69) is 53.4 Å². The summed E-state index contributed by atoms with van der Waals surface area (Å²) in [7, 11) is 0. The van der Waals surface area contributed by atoms with Crippen LogP contribution in [0.15, 0.2) is 23.1 Å². The van der Waals surface area contributed by atoms with Crippen LogP contribution in [0.3, 0.4) is 0 Å². The molecule has 0 saturated carbocycles. The van der Waals surface area contributed by atoms with Crippen LogP contribution in [0.1, 0.15) is 0 Å². The lowest BCUT2D eigenvalue weighted by molar-refractivity contribution is 1.66. The average Bonchev–Trinajstić information content (AvgIpc) is 2.28. The third-order valence-electron chi connectivity index (χ3n) is 1.58. The van der Waals surface area contributed by atoms with Gasteiger partial charge < -0.3 is 0 Å². The Hall–Kier alpha value is 0.550. The lowest BCUT2D eigenvalue weighted by atomic mass is 10.3. The Bertz CT molecular complexity index is 436. The summed E-state index contributed by atoms with van der Waals surface area (Å²) in [6, 6.07) is 6.24. The fourth-order valence-electron chi connectivity index (χ4n) is 1.03. The third-order valence-corrected chi connectivity index (χ3v) is 4.36. The van der Waals surface area contributed by atoms with Crippen molar-refractivity contribution in [3.05, 3.63) is 26.1 Å². The van der Waals surface area contributed by atoms with Crippen molar-refractivity contribution < 1.29 is 0 Å². The maximum absolute atomic E-state index is 5.94. The molecule has 62 valence electrons. The van der Waals surface area contributed by atoms with Gasteiger partial charge in [-0.05, 0) is 34.7 Å². The van der Waals surface area contributed by atoms with E-state index in [1.165, 1.54) is 8.27 Å². The fraction of sp³-hybridized carbons (Fsp3) is 0. The van der Waals surface area contributed by atoms with E-state index in [9.17, 15) is 0 Å². The number of halogens is 2. The quantitative estimate of drug-likeness (QED) is 0.537. The molecule has 0 aliphatic carbocycles. The summed E-state index contributed by atoms with van der Waals surface area (Å²) in [5, 5.41) is 1.15. The van der Waals surface area contributed by atoms with Gasteiger partial charge in [0.25, 0.3) is 0 Å². The van der Waals surface area contributed by atoms with Crippen molar-refractivity contribution in [3.63, 3.8) is 0 Å². The lowest BCUT2D eigenvalue weighted by Gasteiger charge is -1.90.